The minimum atomic E-state index is -0.734. The van der Waals surface area contributed by atoms with Crippen molar-refractivity contribution in [3.05, 3.63) is 52.0 Å². The van der Waals surface area contributed by atoms with Crippen LogP contribution in [0.2, 0.25) is 10.0 Å². The Morgan fingerprint density at radius 2 is 1.65 bits per heavy atom. The van der Waals surface area contributed by atoms with Crippen molar-refractivity contribution < 1.29 is 23.8 Å². The summed E-state index contributed by atoms with van der Waals surface area (Å²) in [6.07, 6.45) is 0. The molecule has 9 heteroatoms. The standard InChI is InChI=1S/C22H26Cl2N2O5/c1-5-25-22(28)14(2)26(12-15-6-7-16(23)8-20(15)24)21(27)13-31-19-10-17(29-3)9-18(11-19)30-4/h6-11,14H,5,12-13H2,1-4H3,(H,25,28)/t14-/m0/s1. The van der Waals surface area contributed by atoms with Gasteiger partial charge in [0.05, 0.1) is 14.2 Å². The van der Waals surface area contributed by atoms with E-state index < -0.39 is 6.04 Å². The van der Waals surface area contributed by atoms with Crippen LogP contribution in [0.5, 0.6) is 17.2 Å². The Kier molecular flexibility index (Phi) is 9.27. The molecule has 2 aromatic carbocycles. The maximum atomic E-state index is 13.0. The molecule has 2 amide bonds. The molecule has 1 N–H and O–H groups in total. The van der Waals surface area contributed by atoms with Gasteiger partial charge in [-0.05, 0) is 31.5 Å². The molecule has 0 unspecified atom stereocenters. The Labute approximate surface area is 192 Å². The third kappa shape index (κ3) is 6.94. The first-order valence-corrected chi connectivity index (χ1v) is 10.4. The van der Waals surface area contributed by atoms with E-state index in [1.165, 1.54) is 19.1 Å². The highest BCUT2D eigenvalue weighted by Gasteiger charge is 2.27. The number of halogens is 2. The van der Waals surface area contributed by atoms with Crippen LogP contribution >= 0.6 is 23.2 Å². The van der Waals surface area contributed by atoms with Crippen molar-refractivity contribution in [2.45, 2.75) is 26.4 Å². The quantitative estimate of drug-likeness (QED) is 0.571. The zero-order chi connectivity index (χ0) is 23.0. The largest absolute Gasteiger partial charge is 0.496 e. The van der Waals surface area contributed by atoms with Crippen LogP contribution in [0.3, 0.4) is 0 Å². The van der Waals surface area contributed by atoms with Gasteiger partial charge in [0.1, 0.15) is 23.3 Å². The van der Waals surface area contributed by atoms with Crippen LogP contribution in [0.1, 0.15) is 19.4 Å². The van der Waals surface area contributed by atoms with E-state index in [1.54, 1.807) is 43.3 Å². The number of ether oxygens (including phenoxy) is 3. The number of methoxy groups -OCH3 is 2. The van der Waals surface area contributed by atoms with Crippen molar-refractivity contribution in [1.29, 1.82) is 0 Å². The number of benzene rings is 2. The van der Waals surface area contributed by atoms with Crippen LogP contribution in [0.15, 0.2) is 36.4 Å². The number of nitrogens with one attached hydrogen (secondary N) is 1. The fraction of sp³-hybridized carbons (Fsp3) is 0.364. The Morgan fingerprint density at radius 3 is 2.19 bits per heavy atom. The predicted octanol–water partition coefficient (Wildman–Crippen LogP) is 3.94. The molecule has 31 heavy (non-hydrogen) atoms. The van der Waals surface area contributed by atoms with E-state index in [4.69, 9.17) is 37.4 Å². The van der Waals surface area contributed by atoms with E-state index in [2.05, 4.69) is 5.32 Å². The Morgan fingerprint density at radius 1 is 1.03 bits per heavy atom. The van der Waals surface area contributed by atoms with Crippen LogP contribution in [-0.4, -0.2) is 50.1 Å². The van der Waals surface area contributed by atoms with Gasteiger partial charge in [-0.2, -0.15) is 0 Å². The van der Waals surface area contributed by atoms with Gasteiger partial charge in [-0.25, -0.2) is 0 Å². The molecule has 168 valence electrons. The van der Waals surface area contributed by atoms with Gasteiger partial charge in [0.2, 0.25) is 5.91 Å². The van der Waals surface area contributed by atoms with Crippen molar-refractivity contribution in [3.63, 3.8) is 0 Å². The second-order valence-corrected chi connectivity index (χ2v) is 7.51. The second kappa shape index (κ2) is 11.7. The number of carbonyl (C=O) groups excluding carboxylic acids is 2. The molecule has 7 nitrogen and oxygen atoms in total. The lowest BCUT2D eigenvalue weighted by Crippen LogP contribution is -2.49. The molecular weight excluding hydrogens is 443 g/mol. The molecule has 0 aliphatic heterocycles. The predicted molar refractivity (Wildman–Crippen MR) is 120 cm³/mol. The smallest absolute Gasteiger partial charge is 0.261 e. The molecule has 2 rings (SSSR count). The molecular formula is C22H26Cl2N2O5. The molecule has 1 atom stereocenters. The molecule has 2 aromatic rings. The van der Waals surface area contributed by atoms with Gasteiger partial charge >= 0.3 is 0 Å². The van der Waals surface area contributed by atoms with Crippen LogP contribution in [0.25, 0.3) is 0 Å². The first-order valence-electron chi connectivity index (χ1n) is 9.66. The Hall–Kier alpha value is -2.64. The summed E-state index contributed by atoms with van der Waals surface area (Å²) in [4.78, 5) is 26.9. The first-order chi connectivity index (χ1) is 14.8. The summed E-state index contributed by atoms with van der Waals surface area (Å²) < 4.78 is 16.1. The number of hydrogen-bond donors (Lipinski definition) is 1. The average molecular weight is 469 g/mol. The van der Waals surface area contributed by atoms with E-state index in [-0.39, 0.29) is 25.0 Å². The maximum absolute atomic E-state index is 13.0. The molecule has 0 aliphatic carbocycles. The van der Waals surface area contributed by atoms with E-state index in [0.29, 0.717) is 39.4 Å². The maximum Gasteiger partial charge on any atom is 0.261 e. The normalized spacial score (nSPS) is 11.4. The SMILES string of the molecule is CCNC(=O)[C@H](C)N(Cc1ccc(Cl)cc1Cl)C(=O)COc1cc(OC)cc(OC)c1. The Bertz CT molecular complexity index is 901. The number of carbonyl (C=O) groups is 2. The summed E-state index contributed by atoms with van der Waals surface area (Å²) in [5, 5.41) is 3.63. The molecule has 0 bridgehead atoms. The minimum absolute atomic E-state index is 0.123. The molecule has 0 spiro atoms. The van der Waals surface area contributed by atoms with Gasteiger partial charge < -0.3 is 24.4 Å². The minimum Gasteiger partial charge on any atom is -0.496 e. The van der Waals surface area contributed by atoms with Gasteiger partial charge in [-0.15, -0.1) is 0 Å². The molecule has 0 aromatic heterocycles. The highest BCUT2D eigenvalue weighted by atomic mass is 35.5. The summed E-state index contributed by atoms with van der Waals surface area (Å²) in [7, 11) is 3.05. The fourth-order valence-electron chi connectivity index (χ4n) is 2.83. The van der Waals surface area contributed by atoms with E-state index in [1.807, 2.05) is 6.92 Å². The van der Waals surface area contributed by atoms with Crippen molar-refractivity contribution in [1.82, 2.24) is 10.2 Å². The lowest BCUT2D eigenvalue weighted by Gasteiger charge is -2.29. The highest BCUT2D eigenvalue weighted by Crippen LogP contribution is 2.28. The van der Waals surface area contributed by atoms with Crippen molar-refractivity contribution in [2.75, 3.05) is 27.4 Å². The van der Waals surface area contributed by atoms with Gasteiger partial charge in [0.25, 0.3) is 5.91 Å². The number of amides is 2. The summed E-state index contributed by atoms with van der Waals surface area (Å²) >= 11 is 12.2. The Balaban J connectivity index is 2.22. The summed E-state index contributed by atoms with van der Waals surface area (Å²) in [6, 6.07) is 9.25. The number of rotatable bonds is 10. The van der Waals surface area contributed by atoms with Crippen LogP contribution in [0, 0.1) is 0 Å². The van der Waals surface area contributed by atoms with Crippen molar-refractivity contribution in [3.8, 4) is 17.2 Å². The zero-order valence-electron chi connectivity index (χ0n) is 17.9. The molecule has 0 saturated heterocycles. The average Bonchev–Trinajstić information content (AvgIpc) is 2.76. The third-order valence-electron chi connectivity index (χ3n) is 4.56. The van der Waals surface area contributed by atoms with Gasteiger partial charge in [0, 0.05) is 41.3 Å². The van der Waals surface area contributed by atoms with Crippen LogP contribution in [0.4, 0.5) is 0 Å². The number of nitrogens with zero attached hydrogens (tertiary/aromatic N) is 1. The lowest BCUT2D eigenvalue weighted by molar-refractivity contribution is -0.142. The lowest BCUT2D eigenvalue weighted by atomic mass is 10.1. The molecule has 0 aliphatic rings. The van der Waals surface area contributed by atoms with Crippen molar-refractivity contribution in [2.24, 2.45) is 0 Å². The highest BCUT2D eigenvalue weighted by molar-refractivity contribution is 6.35. The second-order valence-electron chi connectivity index (χ2n) is 6.66. The summed E-state index contributed by atoms with van der Waals surface area (Å²) in [5.74, 6) is 0.805. The topological polar surface area (TPSA) is 77.1 Å². The van der Waals surface area contributed by atoms with Gasteiger partial charge in [-0.3, -0.25) is 9.59 Å². The van der Waals surface area contributed by atoms with E-state index >= 15 is 0 Å². The number of likely N-dealkylation sites (N-methyl/N-ethyl adjacent to an activating group) is 1. The summed E-state index contributed by atoms with van der Waals surface area (Å²) in [6.45, 7) is 3.75. The van der Waals surface area contributed by atoms with Crippen LogP contribution < -0.4 is 19.5 Å². The van der Waals surface area contributed by atoms with Crippen LogP contribution in [-0.2, 0) is 16.1 Å². The van der Waals surface area contributed by atoms with Gasteiger partial charge in [-0.1, -0.05) is 29.3 Å². The van der Waals surface area contributed by atoms with E-state index in [0.717, 1.165) is 0 Å². The zero-order valence-corrected chi connectivity index (χ0v) is 19.4. The van der Waals surface area contributed by atoms with Gasteiger partial charge in [0.15, 0.2) is 6.61 Å². The first kappa shape index (κ1) is 24.6. The summed E-state index contributed by atoms with van der Waals surface area (Å²) in [5.41, 5.74) is 0.665. The third-order valence-corrected chi connectivity index (χ3v) is 5.15. The molecule has 0 heterocycles. The van der Waals surface area contributed by atoms with E-state index in [9.17, 15) is 9.59 Å². The molecule has 0 saturated carbocycles. The monoisotopic (exact) mass is 468 g/mol. The molecule has 0 fully saturated rings. The molecule has 0 radical (unpaired) electrons. The fourth-order valence-corrected chi connectivity index (χ4v) is 3.30. The number of hydrogen-bond acceptors (Lipinski definition) is 5. The van der Waals surface area contributed by atoms with Crippen molar-refractivity contribution >= 4 is 35.0 Å².